The van der Waals surface area contributed by atoms with E-state index in [-0.39, 0.29) is 0 Å². The third-order valence-electron chi connectivity index (χ3n) is 2.22. The zero-order valence-electron chi connectivity index (χ0n) is 9.29. The van der Waals surface area contributed by atoms with Crippen molar-refractivity contribution in [2.24, 2.45) is 5.73 Å². The summed E-state index contributed by atoms with van der Waals surface area (Å²) in [6.45, 7) is 12.2. The van der Waals surface area contributed by atoms with Crippen molar-refractivity contribution in [3.8, 4) is 0 Å². The van der Waals surface area contributed by atoms with Crippen molar-refractivity contribution in [2.75, 3.05) is 13.1 Å². The minimum Gasteiger partial charge on any atom is -0.327 e. The SMILES string of the molecule is C=CCN(CC(N)CCC)C(C)C. The van der Waals surface area contributed by atoms with Crippen LogP contribution in [0.25, 0.3) is 0 Å². The maximum atomic E-state index is 5.98. The predicted molar refractivity (Wildman–Crippen MR) is 59.8 cm³/mol. The van der Waals surface area contributed by atoms with E-state index in [0.717, 1.165) is 19.5 Å². The molecule has 0 spiro atoms. The topological polar surface area (TPSA) is 29.3 Å². The van der Waals surface area contributed by atoms with Gasteiger partial charge < -0.3 is 5.73 Å². The van der Waals surface area contributed by atoms with Crippen molar-refractivity contribution in [1.82, 2.24) is 4.90 Å². The molecule has 0 aromatic carbocycles. The standard InChI is InChI=1S/C11H24N2/c1-5-7-11(12)9-13(8-6-2)10(3)4/h6,10-11H,2,5,7-9,12H2,1,3-4H3. The molecule has 0 aliphatic rings. The van der Waals surface area contributed by atoms with Gasteiger partial charge in [0.1, 0.15) is 0 Å². The van der Waals surface area contributed by atoms with Gasteiger partial charge >= 0.3 is 0 Å². The molecule has 2 heteroatoms. The first-order valence-electron chi connectivity index (χ1n) is 5.22. The predicted octanol–water partition coefficient (Wildman–Crippen LogP) is 2.01. The molecule has 2 nitrogen and oxygen atoms in total. The Labute approximate surface area is 82.8 Å². The van der Waals surface area contributed by atoms with Crippen molar-refractivity contribution in [3.63, 3.8) is 0 Å². The maximum absolute atomic E-state index is 5.98. The van der Waals surface area contributed by atoms with Gasteiger partial charge in [-0.05, 0) is 20.3 Å². The second kappa shape index (κ2) is 7.10. The molecule has 0 saturated carbocycles. The van der Waals surface area contributed by atoms with E-state index in [1.807, 2.05) is 6.08 Å². The Kier molecular flexibility index (Phi) is 6.92. The molecule has 0 aliphatic heterocycles. The highest BCUT2D eigenvalue weighted by atomic mass is 15.2. The van der Waals surface area contributed by atoms with E-state index in [2.05, 4.69) is 32.3 Å². The van der Waals surface area contributed by atoms with Crippen LogP contribution in [0.3, 0.4) is 0 Å². The first-order chi connectivity index (χ1) is 6.11. The Morgan fingerprint density at radius 1 is 1.46 bits per heavy atom. The van der Waals surface area contributed by atoms with Gasteiger partial charge in [-0.3, -0.25) is 4.90 Å². The monoisotopic (exact) mass is 184 g/mol. The van der Waals surface area contributed by atoms with Gasteiger partial charge in [-0.1, -0.05) is 19.4 Å². The maximum Gasteiger partial charge on any atom is 0.0167 e. The lowest BCUT2D eigenvalue weighted by atomic mass is 10.1. The first kappa shape index (κ1) is 12.7. The fourth-order valence-electron chi connectivity index (χ4n) is 1.43. The van der Waals surface area contributed by atoms with Gasteiger partial charge in [-0.2, -0.15) is 0 Å². The zero-order chi connectivity index (χ0) is 10.3. The van der Waals surface area contributed by atoms with Gasteiger partial charge in [-0.15, -0.1) is 6.58 Å². The van der Waals surface area contributed by atoms with Crippen LogP contribution in [-0.2, 0) is 0 Å². The van der Waals surface area contributed by atoms with Crippen molar-refractivity contribution in [1.29, 1.82) is 0 Å². The van der Waals surface area contributed by atoms with Gasteiger partial charge in [0.25, 0.3) is 0 Å². The van der Waals surface area contributed by atoms with Gasteiger partial charge in [0.15, 0.2) is 0 Å². The summed E-state index contributed by atoms with van der Waals surface area (Å²) in [5.41, 5.74) is 5.98. The largest absolute Gasteiger partial charge is 0.327 e. The van der Waals surface area contributed by atoms with Gasteiger partial charge in [0, 0.05) is 25.2 Å². The molecule has 0 aromatic heterocycles. The zero-order valence-corrected chi connectivity index (χ0v) is 9.29. The van der Waals surface area contributed by atoms with Gasteiger partial charge in [0.2, 0.25) is 0 Å². The van der Waals surface area contributed by atoms with E-state index in [4.69, 9.17) is 5.73 Å². The molecule has 2 N–H and O–H groups in total. The van der Waals surface area contributed by atoms with Crippen LogP contribution in [-0.4, -0.2) is 30.1 Å². The van der Waals surface area contributed by atoms with E-state index >= 15 is 0 Å². The molecule has 1 unspecified atom stereocenters. The number of hydrogen-bond acceptors (Lipinski definition) is 2. The second-order valence-electron chi connectivity index (χ2n) is 3.89. The molecule has 78 valence electrons. The average molecular weight is 184 g/mol. The molecule has 0 aromatic rings. The summed E-state index contributed by atoms with van der Waals surface area (Å²) in [7, 11) is 0. The molecule has 0 radical (unpaired) electrons. The highest BCUT2D eigenvalue weighted by Gasteiger charge is 2.11. The molecule has 0 amide bonds. The highest BCUT2D eigenvalue weighted by Crippen LogP contribution is 2.02. The lowest BCUT2D eigenvalue weighted by Gasteiger charge is -2.27. The van der Waals surface area contributed by atoms with E-state index < -0.39 is 0 Å². The normalized spacial score (nSPS) is 13.7. The van der Waals surface area contributed by atoms with E-state index in [1.54, 1.807) is 0 Å². The Morgan fingerprint density at radius 2 is 2.08 bits per heavy atom. The van der Waals surface area contributed by atoms with Crippen LogP contribution in [0.1, 0.15) is 33.6 Å². The van der Waals surface area contributed by atoms with E-state index in [9.17, 15) is 0 Å². The van der Waals surface area contributed by atoms with Crippen LogP contribution in [0.5, 0.6) is 0 Å². The molecule has 13 heavy (non-hydrogen) atoms. The first-order valence-corrected chi connectivity index (χ1v) is 5.22. The third-order valence-corrected chi connectivity index (χ3v) is 2.22. The molecular formula is C11H24N2. The number of rotatable bonds is 7. The fraction of sp³-hybridized carbons (Fsp3) is 0.818. The van der Waals surface area contributed by atoms with Crippen LogP contribution >= 0.6 is 0 Å². The number of nitrogens with two attached hydrogens (primary N) is 1. The molecular weight excluding hydrogens is 160 g/mol. The van der Waals surface area contributed by atoms with Crippen LogP contribution in [0.15, 0.2) is 12.7 Å². The summed E-state index contributed by atoms with van der Waals surface area (Å²) in [6, 6.07) is 0.869. The van der Waals surface area contributed by atoms with Crippen LogP contribution in [0.2, 0.25) is 0 Å². The summed E-state index contributed by atoms with van der Waals surface area (Å²) in [4.78, 5) is 2.35. The molecule has 1 atom stereocenters. The van der Waals surface area contributed by atoms with Crippen molar-refractivity contribution >= 4 is 0 Å². The quantitative estimate of drug-likeness (QED) is 0.613. The smallest absolute Gasteiger partial charge is 0.0167 e. The Balaban J connectivity index is 3.85. The summed E-state index contributed by atoms with van der Waals surface area (Å²) in [5.74, 6) is 0. The fourth-order valence-corrected chi connectivity index (χ4v) is 1.43. The van der Waals surface area contributed by atoms with E-state index in [1.165, 1.54) is 6.42 Å². The van der Waals surface area contributed by atoms with Crippen LogP contribution < -0.4 is 5.73 Å². The van der Waals surface area contributed by atoms with Gasteiger partial charge in [0.05, 0.1) is 0 Å². The van der Waals surface area contributed by atoms with Crippen molar-refractivity contribution in [3.05, 3.63) is 12.7 Å². The molecule has 0 bridgehead atoms. The molecule has 0 saturated heterocycles. The number of nitrogens with zero attached hydrogens (tertiary/aromatic N) is 1. The third kappa shape index (κ3) is 5.83. The average Bonchev–Trinajstić information content (AvgIpc) is 2.04. The Morgan fingerprint density at radius 3 is 2.46 bits per heavy atom. The highest BCUT2D eigenvalue weighted by molar-refractivity contribution is 4.78. The lowest BCUT2D eigenvalue weighted by molar-refractivity contribution is 0.227. The van der Waals surface area contributed by atoms with Crippen molar-refractivity contribution < 1.29 is 0 Å². The summed E-state index contributed by atoms with van der Waals surface area (Å²) in [6.07, 6.45) is 4.22. The molecule has 0 heterocycles. The minimum absolute atomic E-state index is 0.312. The van der Waals surface area contributed by atoms with Crippen LogP contribution in [0.4, 0.5) is 0 Å². The number of hydrogen-bond donors (Lipinski definition) is 1. The molecule has 0 rings (SSSR count). The van der Waals surface area contributed by atoms with Crippen LogP contribution in [0, 0.1) is 0 Å². The summed E-state index contributed by atoms with van der Waals surface area (Å²) < 4.78 is 0. The van der Waals surface area contributed by atoms with E-state index in [0.29, 0.717) is 12.1 Å². The van der Waals surface area contributed by atoms with Crippen molar-refractivity contribution in [2.45, 2.75) is 45.7 Å². The molecule has 0 aliphatic carbocycles. The minimum atomic E-state index is 0.312. The molecule has 0 fully saturated rings. The summed E-state index contributed by atoms with van der Waals surface area (Å²) in [5, 5.41) is 0. The van der Waals surface area contributed by atoms with Gasteiger partial charge in [-0.25, -0.2) is 0 Å². The second-order valence-corrected chi connectivity index (χ2v) is 3.89. The Hall–Kier alpha value is -0.340. The lowest BCUT2D eigenvalue weighted by Crippen LogP contribution is -2.41. The summed E-state index contributed by atoms with van der Waals surface area (Å²) >= 11 is 0. The Bertz CT molecular complexity index is 132.